The zero-order chi connectivity index (χ0) is 14.1. The lowest BCUT2D eigenvalue weighted by atomic mass is 10.2. The summed E-state index contributed by atoms with van der Waals surface area (Å²) in [6, 6.07) is 7.97. The largest absolute Gasteiger partial charge is 0.486 e. The molecule has 5 heteroatoms. The van der Waals surface area contributed by atoms with Crippen LogP contribution in [-0.2, 0) is 0 Å². The maximum absolute atomic E-state index is 5.61. The highest BCUT2D eigenvalue weighted by Crippen LogP contribution is 2.35. The molecule has 0 unspecified atom stereocenters. The molecule has 0 radical (unpaired) electrons. The van der Waals surface area contributed by atoms with Gasteiger partial charge in [-0.3, -0.25) is 0 Å². The second-order valence-electron chi connectivity index (χ2n) is 4.68. The lowest BCUT2D eigenvalue weighted by molar-refractivity contribution is 0.171. The predicted molar refractivity (Wildman–Crippen MR) is 82.2 cm³/mol. The van der Waals surface area contributed by atoms with Gasteiger partial charge in [0.25, 0.3) is 0 Å². The monoisotopic (exact) mass is 334 g/mol. The Morgan fingerprint density at radius 2 is 1.90 bits per heavy atom. The molecule has 4 nitrogen and oxygen atoms in total. The van der Waals surface area contributed by atoms with Gasteiger partial charge in [0.1, 0.15) is 19.0 Å². The third-order valence-electron chi connectivity index (χ3n) is 3.29. The molecule has 0 saturated carbocycles. The Morgan fingerprint density at radius 3 is 2.65 bits per heavy atom. The molecule has 1 aromatic carbocycles. The number of aryl methyl sites for hydroxylation is 1. The van der Waals surface area contributed by atoms with E-state index < -0.39 is 0 Å². The molecule has 0 N–H and O–H groups in total. The number of anilines is 2. The Bertz CT molecular complexity index is 646. The molecule has 2 heterocycles. The SMILES string of the molecule is Cc1cc(N(C)c2ccc3c(c2)OCCO3)ncc1Br. The van der Waals surface area contributed by atoms with Crippen LogP contribution in [0.25, 0.3) is 0 Å². The zero-order valence-corrected chi connectivity index (χ0v) is 13.0. The molecule has 0 spiro atoms. The van der Waals surface area contributed by atoms with Crippen LogP contribution in [0.15, 0.2) is 34.9 Å². The Kier molecular flexibility index (Phi) is 3.53. The first-order valence-electron chi connectivity index (χ1n) is 6.40. The molecule has 2 aromatic rings. The van der Waals surface area contributed by atoms with Gasteiger partial charge in [-0.15, -0.1) is 0 Å². The molecule has 3 rings (SSSR count). The van der Waals surface area contributed by atoms with E-state index in [1.807, 2.05) is 49.3 Å². The lowest BCUT2D eigenvalue weighted by Gasteiger charge is -2.23. The van der Waals surface area contributed by atoms with Crippen molar-refractivity contribution in [3.8, 4) is 11.5 Å². The topological polar surface area (TPSA) is 34.6 Å². The van der Waals surface area contributed by atoms with E-state index >= 15 is 0 Å². The van der Waals surface area contributed by atoms with Gasteiger partial charge < -0.3 is 14.4 Å². The Morgan fingerprint density at radius 1 is 1.15 bits per heavy atom. The van der Waals surface area contributed by atoms with Gasteiger partial charge in [-0.1, -0.05) is 0 Å². The number of halogens is 1. The van der Waals surface area contributed by atoms with E-state index in [4.69, 9.17) is 9.47 Å². The predicted octanol–water partition coefficient (Wildman–Crippen LogP) is 3.69. The van der Waals surface area contributed by atoms with Gasteiger partial charge in [-0.25, -0.2) is 4.98 Å². The quantitative estimate of drug-likeness (QED) is 0.838. The summed E-state index contributed by atoms with van der Waals surface area (Å²) in [5, 5.41) is 0. The van der Waals surface area contributed by atoms with Crippen molar-refractivity contribution >= 4 is 27.4 Å². The summed E-state index contributed by atoms with van der Waals surface area (Å²) in [5.41, 5.74) is 2.17. The molecular weight excluding hydrogens is 320 g/mol. The Hall–Kier alpha value is -1.75. The highest BCUT2D eigenvalue weighted by Gasteiger charge is 2.14. The fraction of sp³-hybridized carbons (Fsp3) is 0.267. The van der Waals surface area contributed by atoms with Crippen molar-refractivity contribution in [2.24, 2.45) is 0 Å². The van der Waals surface area contributed by atoms with Gasteiger partial charge in [-0.05, 0) is 46.6 Å². The number of rotatable bonds is 2. The summed E-state index contributed by atoms with van der Waals surface area (Å²) in [6.07, 6.45) is 1.82. The first-order chi connectivity index (χ1) is 9.65. The van der Waals surface area contributed by atoms with Crippen molar-refractivity contribution in [1.82, 2.24) is 4.98 Å². The number of benzene rings is 1. The zero-order valence-electron chi connectivity index (χ0n) is 11.4. The fourth-order valence-electron chi connectivity index (χ4n) is 2.08. The van der Waals surface area contributed by atoms with Gasteiger partial charge in [0.15, 0.2) is 11.5 Å². The van der Waals surface area contributed by atoms with Crippen LogP contribution in [0.5, 0.6) is 11.5 Å². The molecule has 0 saturated heterocycles. The molecule has 0 bridgehead atoms. The number of hydrogen-bond acceptors (Lipinski definition) is 4. The number of hydrogen-bond donors (Lipinski definition) is 0. The Balaban J connectivity index is 1.93. The summed E-state index contributed by atoms with van der Waals surface area (Å²) in [7, 11) is 1.99. The van der Waals surface area contributed by atoms with E-state index in [9.17, 15) is 0 Å². The van der Waals surface area contributed by atoms with E-state index in [0.717, 1.165) is 33.0 Å². The van der Waals surface area contributed by atoms with E-state index in [2.05, 4.69) is 20.9 Å². The van der Waals surface area contributed by atoms with E-state index in [-0.39, 0.29) is 0 Å². The summed E-state index contributed by atoms with van der Waals surface area (Å²) in [4.78, 5) is 6.46. The van der Waals surface area contributed by atoms with Crippen LogP contribution in [0.3, 0.4) is 0 Å². The number of aromatic nitrogens is 1. The minimum atomic E-state index is 0.593. The normalized spacial score (nSPS) is 13.2. The third-order valence-corrected chi connectivity index (χ3v) is 4.12. The fourth-order valence-corrected chi connectivity index (χ4v) is 2.30. The number of nitrogens with zero attached hydrogens (tertiary/aromatic N) is 2. The molecule has 0 atom stereocenters. The Labute approximate surface area is 126 Å². The van der Waals surface area contributed by atoms with Crippen LogP contribution in [0.1, 0.15) is 5.56 Å². The second kappa shape index (κ2) is 5.32. The van der Waals surface area contributed by atoms with Crippen LogP contribution in [0.4, 0.5) is 11.5 Å². The van der Waals surface area contributed by atoms with Crippen LogP contribution in [-0.4, -0.2) is 25.2 Å². The maximum Gasteiger partial charge on any atom is 0.163 e. The first kappa shape index (κ1) is 13.2. The maximum atomic E-state index is 5.61. The first-order valence-corrected chi connectivity index (χ1v) is 7.20. The van der Waals surface area contributed by atoms with Gasteiger partial charge in [0.05, 0.1) is 0 Å². The lowest BCUT2D eigenvalue weighted by Crippen LogP contribution is -2.16. The van der Waals surface area contributed by atoms with Crippen LogP contribution < -0.4 is 14.4 Å². The van der Waals surface area contributed by atoms with E-state index in [0.29, 0.717) is 13.2 Å². The molecule has 0 aliphatic carbocycles. The molecule has 0 fully saturated rings. The second-order valence-corrected chi connectivity index (χ2v) is 5.53. The smallest absolute Gasteiger partial charge is 0.163 e. The van der Waals surface area contributed by atoms with Gasteiger partial charge in [0, 0.05) is 29.5 Å². The summed E-state index contributed by atoms with van der Waals surface area (Å²) < 4.78 is 12.2. The van der Waals surface area contributed by atoms with Gasteiger partial charge in [0.2, 0.25) is 0 Å². The molecule has 1 aromatic heterocycles. The van der Waals surface area contributed by atoms with E-state index in [1.165, 1.54) is 0 Å². The van der Waals surface area contributed by atoms with Gasteiger partial charge >= 0.3 is 0 Å². The van der Waals surface area contributed by atoms with Crippen LogP contribution in [0, 0.1) is 6.92 Å². The van der Waals surface area contributed by atoms with Crippen molar-refractivity contribution in [2.75, 3.05) is 25.2 Å². The van der Waals surface area contributed by atoms with Crippen molar-refractivity contribution < 1.29 is 9.47 Å². The minimum Gasteiger partial charge on any atom is -0.486 e. The highest BCUT2D eigenvalue weighted by atomic mass is 79.9. The summed E-state index contributed by atoms with van der Waals surface area (Å²) in [6.45, 7) is 3.25. The number of pyridine rings is 1. The molecule has 1 aliphatic heterocycles. The number of ether oxygens (including phenoxy) is 2. The average Bonchev–Trinajstić information content (AvgIpc) is 2.49. The summed E-state index contributed by atoms with van der Waals surface area (Å²) >= 11 is 3.47. The standard InChI is InChI=1S/C15H15BrN2O2/c1-10-7-15(17-9-12(10)16)18(2)11-3-4-13-14(8-11)20-6-5-19-13/h3-4,7-9H,5-6H2,1-2H3. The summed E-state index contributed by atoms with van der Waals surface area (Å²) in [5.74, 6) is 2.48. The van der Waals surface area contributed by atoms with Crippen LogP contribution >= 0.6 is 15.9 Å². The molecule has 104 valence electrons. The molecule has 0 amide bonds. The molecular formula is C15H15BrN2O2. The highest BCUT2D eigenvalue weighted by molar-refractivity contribution is 9.10. The van der Waals surface area contributed by atoms with Crippen molar-refractivity contribution in [1.29, 1.82) is 0 Å². The third kappa shape index (κ3) is 2.45. The van der Waals surface area contributed by atoms with Crippen molar-refractivity contribution in [3.05, 3.63) is 40.5 Å². The van der Waals surface area contributed by atoms with E-state index in [1.54, 1.807) is 0 Å². The van der Waals surface area contributed by atoms with Gasteiger partial charge in [-0.2, -0.15) is 0 Å². The minimum absolute atomic E-state index is 0.593. The molecule has 1 aliphatic rings. The van der Waals surface area contributed by atoms with Crippen LogP contribution in [0.2, 0.25) is 0 Å². The number of fused-ring (bicyclic) bond motifs is 1. The van der Waals surface area contributed by atoms with Crippen molar-refractivity contribution in [2.45, 2.75) is 6.92 Å². The van der Waals surface area contributed by atoms with Crippen molar-refractivity contribution in [3.63, 3.8) is 0 Å². The molecule has 20 heavy (non-hydrogen) atoms. The average molecular weight is 335 g/mol.